The Balaban J connectivity index is 2.64. The highest BCUT2D eigenvalue weighted by Crippen LogP contribution is 2.06. The maximum atomic E-state index is 12.7. The van der Waals surface area contributed by atoms with Gasteiger partial charge in [0.15, 0.2) is 0 Å². The third-order valence-electron chi connectivity index (χ3n) is 1.84. The number of aryl methyl sites for hydroxylation is 1. The molecular weight excluding hydrogens is 165 g/mol. The van der Waals surface area contributed by atoms with Crippen LogP contribution in [0.1, 0.15) is 11.1 Å². The van der Waals surface area contributed by atoms with Gasteiger partial charge in [-0.25, -0.2) is 4.39 Å². The van der Waals surface area contributed by atoms with E-state index in [1.165, 1.54) is 11.6 Å². The van der Waals surface area contributed by atoms with E-state index >= 15 is 0 Å². The summed E-state index contributed by atoms with van der Waals surface area (Å²) < 4.78 is 12.7. The molecule has 1 rings (SSSR count). The van der Waals surface area contributed by atoms with Gasteiger partial charge in [-0.15, -0.1) is 0 Å². The Bertz CT molecular complexity index is 305. The molecule has 0 radical (unpaired) electrons. The van der Waals surface area contributed by atoms with E-state index in [9.17, 15) is 4.39 Å². The summed E-state index contributed by atoms with van der Waals surface area (Å²) in [5.74, 6) is -0.249. The maximum Gasteiger partial charge on any atom is 0.110 e. The summed E-state index contributed by atoms with van der Waals surface area (Å²) in [5.41, 5.74) is 7.43. The summed E-state index contributed by atoms with van der Waals surface area (Å²) in [6, 6.07) is 8.01. The number of rotatable bonds is 3. The van der Waals surface area contributed by atoms with Gasteiger partial charge >= 0.3 is 0 Å². The molecule has 0 aliphatic heterocycles. The molecule has 0 atom stereocenters. The van der Waals surface area contributed by atoms with Crippen molar-refractivity contribution in [1.82, 2.24) is 0 Å². The molecule has 2 heteroatoms. The number of benzene rings is 1. The highest BCUT2D eigenvalue weighted by atomic mass is 19.1. The van der Waals surface area contributed by atoms with Crippen molar-refractivity contribution in [3.8, 4) is 0 Å². The van der Waals surface area contributed by atoms with Crippen molar-refractivity contribution >= 4 is 0 Å². The van der Waals surface area contributed by atoms with Crippen LogP contribution in [0.3, 0.4) is 0 Å². The Morgan fingerprint density at radius 2 is 2.31 bits per heavy atom. The summed E-state index contributed by atoms with van der Waals surface area (Å²) in [6.45, 7) is 2.01. The minimum absolute atomic E-state index is 0.00812. The van der Waals surface area contributed by atoms with Crippen LogP contribution in [0.2, 0.25) is 0 Å². The molecule has 0 unspecified atom stereocenters. The van der Waals surface area contributed by atoms with Gasteiger partial charge in [0.1, 0.15) is 5.83 Å². The number of hydrogen-bond acceptors (Lipinski definition) is 1. The second kappa shape index (κ2) is 4.77. The standard InChI is InChI=1S/C11H14FN/c1-9-3-2-4-10(7-9)5-6-11(12)8-13/h2-4,6-7H,5,8,13H2,1H3. The predicted molar refractivity (Wildman–Crippen MR) is 53.1 cm³/mol. The largest absolute Gasteiger partial charge is 0.325 e. The van der Waals surface area contributed by atoms with Gasteiger partial charge in [0.2, 0.25) is 0 Å². The van der Waals surface area contributed by atoms with Crippen LogP contribution in [0.5, 0.6) is 0 Å². The van der Waals surface area contributed by atoms with E-state index in [1.54, 1.807) is 0 Å². The normalized spacial score (nSPS) is 11.8. The number of allylic oxidation sites excluding steroid dienone is 1. The highest BCUT2D eigenvalue weighted by molar-refractivity contribution is 5.24. The third kappa shape index (κ3) is 3.38. The summed E-state index contributed by atoms with van der Waals surface area (Å²) in [7, 11) is 0. The molecule has 2 N–H and O–H groups in total. The molecule has 0 saturated heterocycles. The first-order valence-corrected chi connectivity index (χ1v) is 4.32. The average molecular weight is 179 g/mol. The topological polar surface area (TPSA) is 26.0 Å². The van der Waals surface area contributed by atoms with Gasteiger partial charge in [-0.2, -0.15) is 0 Å². The summed E-state index contributed by atoms with van der Waals surface area (Å²) in [6.07, 6.45) is 2.14. The van der Waals surface area contributed by atoms with Crippen LogP contribution in [0.25, 0.3) is 0 Å². The van der Waals surface area contributed by atoms with Crippen LogP contribution in [0, 0.1) is 6.92 Å². The SMILES string of the molecule is Cc1cccc(CC=C(F)CN)c1. The van der Waals surface area contributed by atoms with E-state index in [2.05, 4.69) is 0 Å². The summed E-state index contributed by atoms with van der Waals surface area (Å²) in [5, 5.41) is 0. The molecule has 1 aromatic rings. The zero-order chi connectivity index (χ0) is 9.68. The molecule has 1 nitrogen and oxygen atoms in total. The van der Waals surface area contributed by atoms with Gasteiger partial charge in [0.25, 0.3) is 0 Å². The molecular formula is C11H14FN. The number of nitrogens with two attached hydrogens (primary N) is 1. The van der Waals surface area contributed by atoms with Crippen LogP contribution >= 0.6 is 0 Å². The Kier molecular flexibility index (Phi) is 3.65. The molecule has 70 valence electrons. The Morgan fingerprint density at radius 1 is 1.54 bits per heavy atom. The third-order valence-corrected chi connectivity index (χ3v) is 1.84. The van der Waals surface area contributed by atoms with Crippen LogP contribution in [-0.4, -0.2) is 6.54 Å². The summed E-state index contributed by atoms with van der Waals surface area (Å²) >= 11 is 0. The minimum Gasteiger partial charge on any atom is -0.325 e. The first-order valence-electron chi connectivity index (χ1n) is 4.32. The zero-order valence-electron chi connectivity index (χ0n) is 7.76. The van der Waals surface area contributed by atoms with E-state index in [0.717, 1.165) is 5.56 Å². The Hall–Kier alpha value is -1.15. The second-order valence-electron chi connectivity index (χ2n) is 3.05. The number of hydrogen-bond donors (Lipinski definition) is 1. The van der Waals surface area contributed by atoms with Gasteiger partial charge < -0.3 is 5.73 Å². The summed E-state index contributed by atoms with van der Waals surface area (Å²) in [4.78, 5) is 0. The Morgan fingerprint density at radius 3 is 2.92 bits per heavy atom. The number of halogens is 1. The fourth-order valence-corrected chi connectivity index (χ4v) is 1.15. The van der Waals surface area contributed by atoms with E-state index in [0.29, 0.717) is 6.42 Å². The second-order valence-corrected chi connectivity index (χ2v) is 3.05. The molecule has 0 bridgehead atoms. The first-order chi connectivity index (χ1) is 6.22. The minimum atomic E-state index is -0.249. The van der Waals surface area contributed by atoms with E-state index in [-0.39, 0.29) is 12.4 Å². The quantitative estimate of drug-likeness (QED) is 0.757. The van der Waals surface area contributed by atoms with E-state index < -0.39 is 0 Å². The lowest BCUT2D eigenvalue weighted by Gasteiger charge is -1.98. The van der Waals surface area contributed by atoms with Crippen molar-refractivity contribution in [2.45, 2.75) is 13.3 Å². The van der Waals surface area contributed by atoms with Crippen molar-refractivity contribution in [2.24, 2.45) is 5.73 Å². The molecule has 0 spiro atoms. The monoisotopic (exact) mass is 179 g/mol. The van der Waals surface area contributed by atoms with Gasteiger partial charge in [-0.05, 0) is 25.0 Å². The van der Waals surface area contributed by atoms with Gasteiger partial charge in [0.05, 0.1) is 0 Å². The van der Waals surface area contributed by atoms with Crippen LogP contribution in [-0.2, 0) is 6.42 Å². The van der Waals surface area contributed by atoms with Crippen LogP contribution in [0.4, 0.5) is 4.39 Å². The van der Waals surface area contributed by atoms with Crippen LogP contribution < -0.4 is 5.73 Å². The molecule has 13 heavy (non-hydrogen) atoms. The van der Waals surface area contributed by atoms with E-state index in [4.69, 9.17) is 5.73 Å². The molecule has 0 saturated carbocycles. The molecule has 0 aliphatic rings. The molecule has 0 heterocycles. The van der Waals surface area contributed by atoms with Crippen molar-refractivity contribution < 1.29 is 4.39 Å². The van der Waals surface area contributed by atoms with E-state index in [1.807, 2.05) is 31.2 Å². The van der Waals surface area contributed by atoms with Crippen molar-refractivity contribution in [3.05, 3.63) is 47.3 Å². The molecule has 0 amide bonds. The molecule has 0 aliphatic carbocycles. The maximum absolute atomic E-state index is 12.7. The van der Waals surface area contributed by atoms with Crippen LogP contribution in [0.15, 0.2) is 36.2 Å². The van der Waals surface area contributed by atoms with Gasteiger partial charge in [-0.3, -0.25) is 0 Å². The first kappa shape index (κ1) is 9.93. The Labute approximate surface area is 78.1 Å². The average Bonchev–Trinajstić information content (AvgIpc) is 2.14. The van der Waals surface area contributed by atoms with Crippen molar-refractivity contribution in [2.75, 3.05) is 6.54 Å². The van der Waals surface area contributed by atoms with Crippen molar-refractivity contribution in [3.63, 3.8) is 0 Å². The molecule has 0 aromatic heterocycles. The van der Waals surface area contributed by atoms with Gasteiger partial charge in [0, 0.05) is 6.54 Å². The fraction of sp³-hybridized carbons (Fsp3) is 0.273. The van der Waals surface area contributed by atoms with Gasteiger partial charge in [-0.1, -0.05) is 29.8 Å². The fourth-order valence-electron chi connectivity index (χ4n) is 1.15. The predicted octanol–water partition coefficient (Wildman–Crippen LogP) is 2.35. The molecule has 1 aromatic carbocycles. The lowest BCUT2D eigenvalue weighted by atomic mass is 10.1. The highest BCUT2D eigenvalue weighted by Gasteiger charge is 1.92. The lowest BCUT2D eigenvalue weighted by Crippen LogP contribution is -1.99. The molecule has 0 fully saturated rings. The lowest BCUT2D eigenvalue weighted by molar-refractivity contribution is 0.614. The zero-order valence-corrected chi connectivity index (χ0v) is 7.76. The smallest absolute Gasteiger partial charge is 0.110 e. The van der Waals surface area contributed by atoms with Crippen molar-refractivity contribution in [1.29, 1.82) is 0 Å².